The van der Waals surface area contributed by atoms with Crippen molar-refractivity contribution in [3.8, 4) is 23.0 Å². The van der Waals surface area contributed by atoms with Gasteiger partial charge in [0.05, 0.1) is 12.1 Å². The summed E-state index contributed by atoms with van der Waals surface area (Å²) in [4.78, 5) is 0. The van der Waals surface area contributed by atoms with Gasteiger partial charge in [0.2, 0.25) is 0 Å². The van der Waals surface area contributed by atoms with Crippen LogP contribution in [-0.4, -0.2) is 12.2 Å². The second kappa shape index (κ2) is 5.38. The Kier molecular flexibility index (Phi) is 3.84. The maximum Gasteiger partial charge on any atom is 0.169 e. The van der Waals surface area contributed by atoms with Crippen molar-refractivity contribution >= 4 is 23.2 Å². The first-order chi connectivity index (χ1) is 8.60. The van der Waals surface area contributed by atoms with E-state index in [4.69, 9.17) is 32.7 Å². The zero-order chi connectivity index (χ0) is 13.1. The van der Waals surface area contributed by atoms with Crippen molar-refractivity contribution in [1.82, 2.24) is 0 Å². The zero-order valence-corrected chi connectivity index (χ0v) is 11.0. The summed E-state index contributed by atoms with van der Waals surface area (Å²) in [6.07, 6.45) is 0. The van der Waals surface area contributed by atoms with Gasteiger partial charge in [-0.1, -0.05) is 23.2 Å². The lowest BCUT2D eigenvalue weighted by Gasteiger charge is -2.10. The summed E-state index contributed by atoms with van der Waals surface area (Å²) >= 11 is 11.8. The molecule has 2 aromatic carbocycles. The van der Waals surface area contributed by atoms with E-state index in [9.17, 15) is 5.11 Å². The molecule has 0 spiro atoms. The first kappa shape index (κ1) is 12.9. The average Bonchev–Trinajstić information content (AvgIpc) is 2.34. The van der Waals surface area contributed by atoms with E-state index in [0.29, 0.717) is 27.3 Å². The fourth-order valence-electron chi connectivity index (χ4n) is 1.39. The number of halogens is 2. The number of hydrogen-bond donors (Lipinski definition) is 1. The van der Waals surface area contributed by atoms with E-state index in [1.165, 1.54) is 13.2 Å². The van der Waals surface area contributed by atoms with Gasteiger partial charge in [0.25, 0.3) is 0 Å². The highest BCUT2D eigenvalue weighted by molar-refractivity contribution is 6.35. The highest BCUT2D eigenvalue weighted by Gasteiger charge is 2.08. The van der Waals surface area contributed by atoms with Crippen molar-refractivity contribution in [1.29, 1.82) is 0 Å². The Hall–Kier alpha value is -1.58. The average molecular weight is 285 g/mol. The normalized spacial score (nSPS) is 10.2. The largest absolute Gasteiger partial charge is 0.504 e. The summed E-state index contributed by atoms with van der Waals surface area (Å²) in [7, 11) is 1.52. The maximum absolute atomic E-state index is 9.76. The number of phenolic OH excluding ortho intramolecular Hbond substituents is 1. The first-order valence-electron chi connectivity index (χ1n) is 5.10. The smallest absolute Gasteiger partial charge is 0.169 e. The topological polar surface area (TPSA) is 38.7 Å². The number of rotatable bonds is 3. The Morgan fingerprint density at radius 3 is 2.33 bits per heavy atom. The van der Waals surface area contributed by atoms with E-state index >= 15 is 0 Å². The number of hydrogen-bond acceptors (Lipinski definition) is 3. The van der Waals surface area contributed by atoms with Gasteiger partial charge < -0.3 is 14.6 Å². The third-order valence-corrected chi connectivity index (χ3v) is 2.81. The number of aromatic hydroxyl groups is 1. The van der Waals surface area contributed by atoms with Crippen molar-refractivity contribution in [2.45, 2.75) is 0 Å². The molecule has 0 aliphatic rings. The third kappa shape index (κ3) is 2.81. The molecule has 0 saturated heterocycles. The SMILES string of the molecule is COc1ccc(Oc2ccc(Cl)cc2Cl)c(O)c1. The molecule has 0 radical (unpaired) electrons. The van der Waals surface area contributed by atoms with Gasteiger partial charge in [0.15, 0.2) is 11.5 Å². The van der Waals surface area contributed by atoms with Crippen molar-refractivity contribution in [2.24, 2.45) is 0 Å². The highest BCUT2D eigenvalue weighted by Crippen LogP contribution is 2.37. The maximum atomic E-state index is 9.76. The Balaban J connectivity index is 2.28. The Bertz CT molecular complexity index is 570. The molecule has 0 aliphatic carbocycles. The van der Waals surface area contributed by atoms with Crippen LogP contribution in [0.3, 0.4) is 0 Å². The molecule has 0 bridgehead atoms. The van der Waals surface area contributed by atoms with Crippen LogP contribution in [0.4, 0.5) is 0 Å². The molecular weight excluding hydrogens is 275 g/mol. The second-order valence-electron chi connectivity index (χ2n) is 3.51. The van der Waals surface area contributed by atoms with Crippen LogP contribution in [0.1, 0.15) is 0 Å². The standard InChI is InChI=1S/C13H10Cl2O3/c1-17-9-3-5-13(11(16)7-9)18-12-4-2-8(14)6-10(12)15/h2-7,16H,1H3. The van der Waals surface area contributed by atoms with Crippen LogP contribution in [0.5, 0.6) is 23.0 Å². The second-order valence-corrected chi connectivity index (χ2v) is 4.35. The summed E-state index contributed by atoms with van der Waals surface area (Å²) < 4.78 is 10.5. The van der Waals surface area contributed by atoms with Crippen LogP contribution in [0.15, 0.2) is 36.4 Å². The van der Waals surface area contributed by atoms with Gasteiger partial charge in [-0.2, -0.15) is 0 Å². The van der Waals surface area contributed by atoms with Crippen LogP contribution in [-0.2, 0) is 0 Å². The van der Waals surface area contributed by atoms with Crippen molar-refractivity contribution < 1.29 is 14.6 Å². The molecule has 0 atom stereocenters. The monoisotopic (exact) mass is 284 g/mol. The molecule has 0 fully saturated rings. The van der Waals surface area contributed by atoms with Crippen LogP contribution in [0.25, 0.3) is 0 Å². The van der Waals surface area contributed by atoms with Gasteiger partial charge in [0, 0.05) is 11.1 Å². The molecule has 0 aromatic heterocycles. The number of methoxy groups -OCH3 is 1. The van der Waals surface area contributed by atoms with E-state index in [1.54, 1.807) is 30.3 Å². The molecule has 2 rings (SSSR count). The molecule has 0 unspecified atom stereocenters. The third-order valence-electron chi connectivity index (χ3n) is 2.28. The Morgan fingerprint density at radius 1 is 1.00 bits per heavy atom. The number of ether oxygens (including phenoxy) is 2. The zero-order valence-electron chi connectivity index (χ0n) is 9.48. The summed E-state index contributed by atoms with van der Waals surface area (Å²) in [5, 5.41) is 10.6. The molecule has 0 heterocycles. The Labute approximate surface area is 114 Å². The van der Waals surface area contributed by atoms with E-state index in [-0.39, 0.29) is 5.75 Å². The van der Waals surface area contributed by atoms with Gasteiger partial charge in [-0.05, 0) is 30.3 Å². The number of phenols is 1. The van der Waals surface area contributed by atoms with Crippen molar-refractivity contribution in [3.05, 3.63) is 46.4 Å². The van der Waals surface area contributed by atoms with Gasteiger partial charge in [-0.15, -0.1) is 0 Å². The van der Waals surface area contributed by atoms with Crippen LogP contribution in [0, 0.1) is 0 Å². The summed E-state index contributed by atoms with van der Waals surface area (Å²) in [6, 6.07) is 9.59. The fourth-order valence-corrected chi connectivity index (χ4v) is 1.83. The molecule has 5 heteroatoms. The molecule has 1 N–H and O–H groups in total. The summed E-state index contributed by atoms with van der Waals surface area (Å²) in [5.74, 6) is 1.23. The quantitative estimate of drug-likeness (QED) is 0.902. The first-order valence-corrected chi connectivity index (χ1v) is 5.85. The van der Waals surface area contributed by atoms with Gasteiger partial charge >= 0.3 is 0 Å². The van der Waals surface area contributed by atoms with Gasteiger partial charge in [-0.3, -0.25) is 0 Å². The summed E-state index contributed by atoms with van der Waals surface area (Å²) in [5.41, 5.74) is 0. The van der Waals surface area contributed by atoms with E-state index in [0.717, 1.165) is 0 Å². The van der Waals surface area contributed by atoms with E-state index < -0.39 is 0 Å². The van der Waals surface area contributed by atoms with Crippen molar-refractivity contribution in [3.63, 3.8) is 0 Å². The van der Waals surface area contributed by atoms with Crippen LogP contribution >= 0.6 is 23.2 Å². The predicted octanol–water partition coefficient (Wildman–Crippen LogP) is 4.50. The van der Waals surface area contributed by atoms with Crippen LogP contribution in [0.2, 0.25) is 10.0 Å². The molecule has 0 amide bonds. The molecule has 94 valence electrons. The molecule has 2 aromatic rings. The fraction of sp³-hybridized carbons (Fsp3) is 0.0769. The highest BCUT2D eigenvalue weighted by atomic mass is 35.5. The van der Waals surface area contributed by atoms with E-state index in [2.05, 4.69) is 0 Å². The predicted molar refractivity (Wildman–Crippen MR) is 71.2 cm³/mol. The number of benzene rings is 2. The lowest BCUT2D eigenvalue weighted by molar-refractivity contribution is 0.391. The Morgan fingerprint density at radius 2 is 1.72 bits per heavy atom. The minimum atomic E-state index is -0.0274. The molecule has 3 nitrogen and oxygen atoms in total. The molecule has 0 saturated carbocycles. The minimum absolute atomic E-state index is 0.0274. The lowest BCUT2D eigenvalue weighted by Crippen LogP contribution is -1.87. The molecule has 18 heavy (non-hydrogen) atoms. The summed E-state index contributed by atoms with van der Waals surface area (Å²) in [6.45, 7) is 0. The minimum Gasteiger partial charge on any atom is -0.504 e. The van der Waals surface area contributed by atoms with Crippen LogP contribution < -0.4 is 9.47 Å². The lowest BCUT2D eigenvalue weighted by atomic mass is 10.3. The molecule has 0 aliphatic heterocycles. The van der Waals surface area contributed by atoms with Crippen molar-refractivity contribution in [2.75, 3.05) is 7.11 Å². The van der Waals surface area contributed by atoms with Gasteiger partial charge in [-0.25, -0.2) is 0 Å². The molecular formula is C13H10Cl2O3. The van der Waals surface area contributed by atoms with Gasteiger partial charge in [0.1, 0.15) is 11.5 Å². The van der Waals surface area contributed by atoms with E-state index in [1.807, 2.05) is 0 Å².